The van der Waals surface area contributed by atoms with Crippen LogP contribution in [0.3, 0.4) is 0 Å². The van der Waals surface area contributed by atoms with Crippen molar-refractivity contribution in [1.29, 1.82) is 0 Å². The molecule has 0 atom stereocenters. The minimum atomic E-state index is -0.412. The van der Waals surface area contributed by atoms with Gasteiger partial charge in [0.05, 0.1) is 0 Å². The summed E-state index contributed by atoms with van der Waals surface area (Å²) < 4.78 is 14.2. The summed E-state index contributed by atoms with van der Waals surface area (Å²) in [7, 11) is 0. The molecule has 0 bridgehead atoms. The maximum absolute atomic E-state index is 12.9. The van der Waals surface area contributed by atoms with Gasteiger partial charge in [-0.15, -0.1) is 11.3 Å². The molecule has 0 saturated carbocycles. The zero-order valence-electron chi connectivity index (χ0n) is 9.19. The molecule has 3 rings (SSSR count). The summed E-state index contributed by atoms with van der Waals surface area (Å²) in [6.45, 7) is -0.412. The number of alkyl halides is 1. The Labute approximate surface area is 103 Å². The zero-order valence-corrected chi connectivity index (χ0v) is 10.0. The molecule has 17 heavy (non-hydrogen) atoms. The van der Waals surface area contributed by atoms with Crippen molar-refractivity contribution in [1.82, 2.24) is 0 Å². The quantitative estimate of drug-likeness (QED) is 0.590. The van der Waals surface area contributed by atoms with Crippen LogP contribution in [0, 0.1) is 0 Å². The molecule has 2 heteroatoms. The van der Waals surface area contributed by atoms with Gasteiger partial charge in [-0.3, -0.25) is 0 Å². The second kappa shape index (κ2) is 4.30. The zero-order chi connectivity index (χ0) is 11.7. The number of benzene rings is 2. The predicted octanol–water partition coefficient (Wildman–Crippen LogP) is 5.04. The van der Waals surface area contributed by atoms with E-state index in [2.05, 4.69) is 18.2 Å². The lowest BCUT2D eigenvalue weighted by Crippen LogP contribution is -1.82. The monoisotopic (exact) mass is 242 g/mol. The van der Waals surface area contributed by atoms with Gasteiger partial charge < -0.3 is 0 Å². The van der Waals surface area contributed by atoms with Crippen LogP contribution in [0.2, 0.25) is 0 Å². The Bertz CT molecular complexity index is 622. The molecule has 3 aromatic rings. The van der Waals surface area contributed by atoms with Gasteiger partial charge in [0.15, 0.2) is 0 Å². The molecule has 0 aliphatic carbocycles. The number of thiophene rings is 1. The Morgan fingerprint density at radius 3 is 2.53 bits per heavy atom. The van der Waals surface area contributed by atoms with Gasteiger partial charge in [0.25, 0.3) is 0 Å². The maximum atomic E-state index is 12.9. The lowest BCUT2D eigenvalue weighted by molar-refractivity contribution is 0.486. The van der Waals surface area contributed by atoms with Crippen LogP contribution in [0.25, 0.3) is 20.5 Å². The Hall–Kier alpha value is -1.67. The topological polar surface area (TPSA) is 0 Å². The van der Waals surface area contributed by atoms with Crippen LogP contribution >= 0.6 is 11.3 Å². The standard InChI is InChI=1S/C15H11FS/c16-10-12-6-1-3-7-13(12)15-9-11-5-2-4-8-14(11)17-15/h1-9H,10H2. The first-order chi connectivity index (χ1) is 8.38. The van der Waals surface area contributed by atoms with E-state index < -0.39 is 6.67 Å². The van der Waals surface area contributed by atoms with Crippen LogP contribution in [-0.4, -0.2) is 0 Å². The Kier molecular flexibility index (Phi) is 2.65. The SMILES string of the molecule is FCc1ccccc1-c1cc2ccccc2s1. The largest absolute Gasteiger partial charge is 0.246 e. The van der Waals surface area contributed by atoms with Gasteiger partial charge in [0.1, 0.15) is 6.67 Å². The molecule has 0 nitrogen and oxygen atoms in total. The minimum absolute atomic E-state index is 0.412. The molecule has 0 saturated heterocycles. The molecule has 0 amide bonds. The van der Waals surface area contributed by atoms with E-state index in [9.17, 15) is 4.39 Å². The lowest BCUT2D eigenvalue weighted by atomic mass is 10.1. The summed E-state index contributed by atoms with van der Waals surface area (Å²) >= 11 is 1.71. The predicted molar refractivity (Wildman–Crippen MR) is 72.1 cm³/mol. The van der Waals surface area contributed by atoms with Crippen LogP contribution in [0.4, 0.5) is 4.39 Å². The highest BCUT2D eigenvalue weighted by atomic mass is 32.1. The molecule has 1 heterocycles. The van der Waals surface area contributed by atoms with E-state index in [4.69, 9.17) is 0 Å². The second-order valence-corrected chi connectivity index (χ2v) is 5.02. The van der Waals surface area contributed by atoms with Gasteiger partial charge in [0.2, 0.25) is 0 Å². The number of rotatable bonds is 2. The molecule has 0 aliphatic heterocycles. The van der Waals surface area contributed by atoms with Crippen molar-refractivity contribution in [2.45, 2.75) is 6.67 Å². The molecule has 0 unspecified atom stereocenters. The molecular formula is C15H11FS. The number of fused-ring (bicyclic) bond motifs is 1. The third-order valence-electron chi connectivity index (χ3n) is 2.85. The molecule has 1 aromatic heterocycles. The highest BCUT2D eigenvalue weighted by Crippen LogP contribution is 2.35. The van der Waals surface area contributed by atoms with Crippen molar-refractivity contribution >= 4 is 21.4 Å². The van der Waals surface area contributed by atoms with E-state index in [0.717, 1.165) is 16.0 Å². The van der Waals surface area contributed by atoms with E-state index in [-0.39, 0.29) is 0 Å². The van der Waals surface area contributed by atoms with Crippen molar-refractivity contribution in [2.75, 3.05) is 0 Å². The third-order valence-corrected chi connectivity index (χ3v) is 4.00. The van der Waals surface area contributed by atoms with Crippen LogP contribution in [0.5, 0.6) is 0 Å². The van der Waals surface area contributed by atoms with E-state index in [1.165, 1.54) is 10.1 Å². The maximum Gasteiger partial charge on any atom is 0.115 e. The summed E-state index contributed by atoms with van der Waals surface area (Å²) in [5, 5.41) is 1.22. The Balaban J connectivity index is 2.20. The highest BCUT2D eigenvalue weighted by molar-refractivity contribution is 7.22. The third kappa shape index (κ3) is 1.85. The summed E-state index contributed by atoms with van der Waals surface area (Å²) in [4.78, 5) is 1.14. The minimum Gasteiger partial charge on any atom is -0.246 e. The van der Waals surface area contributed by atoms with Crippen LogP contribution in [0.1, 0.15) is 5.56 Å². The van der Waals surface area contributed by atoms with Crippen LogP contribution < -0.4 is 0 Å². The average molecular weight is 242 g/mol. The van der Waals surface area contributed by atoms with E-state index in [1.807, 2.05) is 36.4 Å². The van der Waals surface area contributed by atoms with Gasteiger partial charge >= 0.3 is 0 Å². The molecule has 0 aliphatic rings. The summed E-state index contributed by atoms with van der Waals surface area (Å²) in [6.07, 6.45) is 0. The normalized spacial score (nSPS) is 10.9. The van der Waals surface area contributed by atoms with Crippen molar-refractivity contribution in [3.05, 3.63) is 60.2 Å². The fourth-order valence-corrected chi connectivity index (χ4v) is 3.12. The van der Waals surface area contributed by atoms with Gasteiger partial charge in [0, 0.05) is 9.58 Å². The van der Waals surface area contributed by atoms with Gasteiger partial charge in [-0.25, -0.2) is 4.39 Å². The molecular weight excluding hydrogens is 231 g/mol. The fourth-order valence-electron chi connectivity index (χ4n) is 1.99. The van der Waals surface area contributed by atoms with Gasteiger partial charge in [-0.05, 0) is 28.6 Å². The van der Waals surface area contributed by atoms with Crippen molar-refractivity contribution < 1.29 is 4.39 Å². The lowest BCUT2D eigenvalue weighted by Gasteiger charge is -2.02. The molecule has 2 aromatic carbocycles. The van der Waals surface area contributed by atoms with Crippen LogP contribution in [-0.2, 0) is 6.67 Å². The van der Waals surface area contributed by atoms with Gasteiger partial charge in [-0.2, -0.15) is 0 Å². The summed E-state index contributed by atoms with van der Waals surface area (Å²) in [5.41, 5.74) is 1.77. The average Bonchev–Trinajstić information content (AvgIpc) is 2.82. The van der Waals surface area contributed by atoms with E-state index in [1.54, 1.807) is 11.3 Å². The smallest absolute Gasteiger partial charge is 0.115 e. The first-order valence-corrected chi connectivity index (χ1v) is 6.33. The first-order valence-electron chi connectivity index (χ1n) is 5.51. The fraction of sp³-hybridized carbons (Fsp3) is 0.0667. The molecule has 0 spiro atoms. The first kappa shape index (κ1) is 10.5. The molecule has 84 valence electrons. The Morgan fingerprint density at radius 2 is 1.71 bits per heavy atom. The number of hydrogen-bond acceptors (Lipinski definition) is 1. The molecule has 0 fully saturated rings. The van der Waals surface area contributed by atoms with Crippen molar-refractivity contribution in [3.8, 4) is 10.4 Å². The van der Waals surface area contributed by atoms with Crippen LogP contribution in [0.15, 0.2) is 54.6 Å². The summed E-state index contributed by atoms with van der Waals surface area (Å²) in [6, 6.07) is 18.1. The molecule has 0 radical (unpaired) electrons. The molecule has 0 N–H and O–H groups in total. The van der Waals surface area contributed by atoms with Crippen molar-refractivity contribution in [2.24, 2.45) is 0 Å². The van der Waals surface area contributed by atoms with E-state index in [0.29, 0.717) is 0 Å². The van der Waals surface area contributed by atoms with Crippen molar-refractivity contribution in [3.63, 3.8) is 0 Å². The highest BCUT2D eigenvalue weighted by Gasteiger charge is 2.07. The second-order valence-electron chi connectivity index (χ2n) is 3.94. The Morgan fingerprint density at radius 1 is 0.941 bits per heavy atom. The number of hydrogen-bond donors (Lipinski definition) is 0. The number of halogens is 1. The van der Waals surface area contributed by atoms with Gasteiger partial charge in [-0.1, -0.05) is 42.5 Å². The van der Waals surface area contributed by atoms with E-state index >= 15 is 0 Å². The summed E-state index contributed by atoms with van der Waals surface area (Å²) in [5.74, 6) is 0.